The number of halogens is 3. The first-order valence-corrected chi connectivity index (χ1v) is 6.87. The molecule has 0 bridgehead atoms. The van der Waals surface area contributed by atoms with Crippen molar-refractivity contribution >= 4 is 0 Å². The van der Waals surface area contributed by atoms with Gasteiger partial charge in [0.2, 0.25) is 0 Å². The zero-order valence-corrected chi connectivity index (χ0v) is 11.5. The highest BCUT2D eigenvalue weighted by Gasteiger charge is 2.30. The van der Waals surface area contributed by atoms with Gasteiger partial charge in [-0.2, -0.15) is 13.2 Å². The van der Waals surface area contributed by atoms with Crippen LogP contribution in [-0.2, 0) is 10.9 Å². The van der Waals surface area contributed by atoms with Crippen molar-refractivity contribution < 1.29 is 17.9 Å². The quantitative estimate of drug-likeness (QED) is 0.698. The normalized spacial score (nSPS) is 24.0. The number of benzene rings is 1. The minimum atomic E-state index is -4.25. The second kappa shape index (κ2) is 6.33. The van der Waals surface area contributed by atoms with Crippen molar-refractivity contribution in [2.75, 3.05) is 7.11 Å². The highest BCUT2D eigenvalue weighted by Crippen LogP contribution is 2.37. The number of allylic oxidation sites excluding steroid dienone is 1. The summed E-state index contributed by atoms with van der Waals surface area (Å²) in [4.78, 5) is 0. The van der Waals surface area contributed by atoms with E-state index in [9.17, 15) is 13.2 Å². The van der Waals surface area contributed by atoms with E-state index in [0.29, 0.717) is 11.8 Å². The molecule has 1 aromatic rings. The maximum absolute atomic E-state index is 12.5. The summed E-state index contributed by atoms with van der Waals surface area (Å²) in [7, 11) is 1.63. The molecule has 110 valence electrons. The van der Waals surface area contributed by atoms with Crippen molar-refractivity contribution in [2.24, 2.45) is 5.92 Å². The Labute approximate surface area is 117 Å². The Balaban J connectivity index is 1.95. The molecule has 0 saturated heterocycles. The molecule has 1 nitrogen and oxygen atoms in total. The first-order chi connectivity index (χ1) is 9.50. The van der Waals surface area contributed by atoms with Crippen LogP contribution in [0.5, 0.6) is 0 Å². The third-order valence-electron chi connectivity index (χ3n) is 3.97. The lowest BCUT2D eigenvalue weighted by atomic mass is 9.78. The van der Waals surface area contributed by atoms with Crippen LogP contribution < -0.4 is 0 Å². The van der Waals surface area contributed by atoms with Crippen LogP contribution in [-0.4, -0.2) is 7.11 Å². The van der Waals surface area contributed by atoms with Crippen molar-refractivity contribution in [1.82, 2.24) is 0 Å². The molecule has 0 heterocycles. The van der Waals surface area contributed by atoms with Gasteiger partial charge in [0.1, 0.15) is 0 Å². The first-order valence-electron chi connectivity index (χ1n) is 6.87. The van der Waals surface area contributed by atoms with E-state index in [-0.39, 0.29) is 0 Å². The van der Waals surface area contributed by atoms with Crippen LogP contribution in [0.1, 0.15) is 42.7 Å². The fourth-order valence-electron chi connectivity index (χ4n) is 2.78. The molecule has 4 heteroatoms. The van der Waals surface area contributed by atoms with Crippen LogP contribution in [0.3, 0.4) is 0 Å². The van der Waals surface area contributed by atoms with Gasteiger partial charge in [-0.1, -0.05) is 12.1 Å². The predicted octanol–water partition coefficient (Wildman–Crippen LogP) is 5.14. The van der Waals surface area contributed by atoms with Gasteiger partial charge < -0.3 is 4.74 Å². The molecule has 0 radical (unpaired) electrons. The van der Waals surface area contributed by atoms with E-state index in [1.165, 1.54) is 12.1 Å². The highest BCUT2D eigenvalue weighted by atomic mass is 19.4. The summed E-state index contributed by atoms with van der Waals surface area (Å²) < 4.78 is 42.4. The maximum atomic E-state index is 12.5. The molecule has 1 aliphatic carbocycles. The number of methoxy groups -OCH3 is 1. The minimum Gasteiger partial charge on any atom is -0.505 e. The van der Waals surface area contributed by atoms with E-state index >= 15 is 0 Å². The Kier molecular flexibility index (Phi) is 4.73. The van der Waals surface area contributed by atoms with E-state index in [1.807, 2.05) is 0 Å². The lowest BCUT2D eigenvalue weighted by Crippen LogP contribution is -2.12. The van der Waals surface area contributed by atoms with Gasteiger partial charge in [-0.05, 0) is 61.3 Å². The summed E-state index contributed by atoms with van der Waals surface area (Å²) in [5.41, 5.74) is 0.449. The molecule has 20 heavy (non-hydrogen) atoms. The van der Waals surface area contributed by atoms with Crippen LogP contribution in [0.2, 0.25) is 0 Å². The third-order valence-corrected chi connectivity index (χ3v) is 3.97. The van der Waals surface area contributed by atoms with Gasteiger partial charge >= 0.3 is 6.18 Å². The molecule has 0 amide bonds. The maximum Gasteiger partial charge on any atom is 0.416 e. The Hall–Kier alpha value is -1.45. The highest BCUT2D eigenvalue weighted by molar-refractivity contribution is 5.27. The fourth-order valence-corrected chi connectivity index (χ4v) is 2.78. The zero-order valence-electron chi connectivity index (χ0n) is 11.5. The van der Waals surface area contributed by atoms with Gasteiger partial charge in [-0.15, -0.1) is 0 Å². The van der Waals surface area contributed by atoms with Gasteiger partial charge in [0.25, 0.3) is 0 Å². The molecule has 1 aliphatic rings. The lowest BCUT2D eigenvalue weighted by molar-refractivity contribution is -0.137. The lowest BCUT2D eigenvalue weighted by Gasteiger charge is -2.27. The molecular weight excluding hydrogens is 265 g/mol. The SMILES string of the molecule is CO/C=C/C1CCC(c2ccc(C(F)(F)F)cc2)CC1. The monoisotopic (exact) mass is 284 g/mol. The molecule has 2 rings (SSSR count). The van der Waals surface area contributed by atoms with E-state index in [4.69, 9.17) is 4.74 Å². The molecule has 0 atom stereocenters. The average molecular weight is 284 g/mol. The molecular formula is C16H19F3O. The summed E-state index contributed by atoms with van der Waals surface area (Å²) in [6, 6.07) is 5.62. The van der Waals surface area contributed by atoms with Gasteiger partial charge in [-0.25, -0.2) is 0 Å². The molecule has 0 aromatic heterocycles. The first kappa shape index (κ1) is 14.9. The summed E-state index contributed by atoms with van der Waals surface area (Å²) in [5, 5.41) is 0. The molecule has 0 aliphatic heterocycles. The van der Waals surface area contributed by atoms with Crippen LogP contribution in [0.15, 0.2) is 36.6 Å². The summed E-state index contributed by atoms with van der Waals surface area (Å²) in [6.07, 6.45) is 3.69. The zero-order chi connectivity index (χ0) is 14.6. The summed E-state index contributed by atoms with van der Waals surface area (Å²) >= 11 is 0. The van der Waals surface area contributed by atoms with Crippen molar-refractivity contribution in [3.8, 4) is 0 Å². The topological polar surface area (TPSA) is 9.23 Å². The molecule has 0 spiro atoms. The second-order valence-corrected chi connectivity index (χ2v) is 5.30. The van der Waals surface area contributed by atoms with Crippen LogP contribution in [0.25, 0.3) is 0 Å². The smallest absolute Gasteiger partial charge is 0.416 e. The van der Waals surface area contributed by atoms with Gasteiger partial charge in [0.05, 0.1) is 18.9 Å². The Morgan fingerprint density at radius 2 is 1.65 bits per heavy atom. The van der Waals surface area contributed by atoms with Crippen molar-refractivity contribution in [1.29, 1.82) is 0 Å². The van der Waals surface area contributed by atoms with Crippen molar-refractivity contribution in [2.45, 2.75) is 37.8 Å². The summed E-state index contributed by atoms with van der Waals surface area (Å²) in [5.74, 6) is 0.908. The number of hydrogen-bond donors (Lipinski definition) is 0. The number of alkyl halides is 3. The van der Waals surface area contributed by atoms with Gasteiger partial charge in [0, 0.05) is 0 Å². The Bertz CT molecular complexity index is 440. The summed E-state index contributed by atoms with van der Waals surface area (Å²) in [6.45, 7) is 0. The molecule has 1 saturated carbocycles. The van der Waals surface area contributed by atoms with Crippen molar-refractivity contribution in [3.05, 3.63) is 47.7 Å². The van der Waals surface area contributed by atoms with E-state index in [1.54, 1.807) is 25.5 Å². The largest absolute Gasteiger partial charge is 0.505 e. The Morgan fingerprint density at radius 3 is 2.15 bits per heavy atom. The molecule has 1 aromatic carbocycles. The minimum absolute atomic E-state index is 0.379. The molecule has 1 fully saturated rings. The second-order valence-electron chi connectivity index (χ2n) is 5.30. The van der Waals surface area contributed by atoms with Gasteiger partial charge in [0.15, 0.2) is 0 Å². The molecule has 0 unspecified atom stereocenters. The fraction of sp³-hybridized carbons (Fsp3) is 0.500. The van der Waals surface area contributed by atoms with Crippen LogP contribution in [0, 0.1) is 5.92 Å². The van der Waals surface area contributed by atoms with E-state index in [0.717, 1.165) is 31.2 Å². The molecule has 0 N–H and O–H groups in total. The van der Waals surface area contributed by atoms with Crippen molar-refractivity contribution in [3.63, 3.8) is 0 Å². The van der Waals surface area contributed by atoms with E-state index in [2.05, 4.69) is 6.08 Å². The van der Waals surface area contributed by atoms with Gasteiger partial charge in [-0.3, -0.25) is 0 Å². The number of rotatable bonds is 3. The van der Waals surface area contributed by atoms with Crippen LogP contribution >= 0.6 is 0 Å². The van der Waals surface area contributed by atoms with E-state index < -0.39 is 11.7 Å². The third kappa shape index (κ3) is 3.78. The predicted molar refractivity (Wildman–Crippen MR) is 72.3 cm³/mol. The van der Waals surface area contributed by atoms with Crippen LogP contribution in [0.4, 0.5) is 13.2 Å². The number of ether oxygens (including phenoxy) is 1. The standard InChI is InChI=1S/C16H19F3O/c1-20-11-10-12-2-4-13(5-3-12)14-6-8-15(9-7-14)16(17,18)19/h6-13H,2-5H2,1H3/b11-10+. The average Bonchev–Trinajstić information content (AvgIpc) is 2.45. The Morgan fingerprint density at radius 1 is 1.05 bits per heavy atom. The number of hydrogen-bond acceptors (Lipinski definition) is 1.